The summed E-state index contributed by atoms with van der Waals surface area (Å²) in [5.41, 5.74) is 0.714. The lowest BCUT2D eigenvalue weighted by atomic mass is 10.3. The highest BCUT2D eigenvalue weighted by Crippen LogP contribution is 2.17. The summed E-state index contributed by atoms with van der Waals surface area (Å²) in [6.45, 7) is -0.526. The van der Waals surface area contributed by atoms with Crippen molar-refractivity contribution >= 4 is 50.7 Å². The first-order valence-corrected chi connectivity index (χ1v) is 5.60. The number of rotatable bonds is 2. The van der Waals surface area contributed by atoms with Gasteiger partial charge in [0.05, 0.1) is 0 Å². The zero-order valence-corrected chi connectivity index (χ0v) is 9.96. The molecule has 2 N–H and O–H groups in total. The Balaban J connectivity index is 2.55. The molecule has 0 heterocycles. The predicted octanol–water partition coefficient (Wildman–Crippen LogP) is 2.29. The average molecular weight is 262 g/mol. The number of halogens is 1. The maximum atomic E-state index is 10.8. The van der Waals surface area contributed by atoms with E-state index in [4.69, 9.17) is 28.9 Å². The van der Waals surface area contributed by atoms with Crippen molar-refractivity contribution in [3.8, 4) is 0 Å². The molecule has 15 heavy (non-hydrogen) atoms. The first-order valence-electron chi connectivity index (χ1n) is 4.00. The van der Waals surface area contributed by atoms with Crippen molar-refractivity contribution in [2.24, 2.45) is 0 Å². The minimum atomic E-state index is -0.526. The van der Waals surface area contributed by atoms with Crippen LogP contribution in [0.2, 0.25) is 5.02 Å². The number of carbonyl (C=O) groups excluding carboxylic acids is 1. The molecule has 0 amide bonds. The Morgan fingerprint density at radius 3 is 2.93 bits per heavy atom. The van der Waals surface area contributed by atoms with Crippen molar-refractivity contribution in [2.75, 3.05) is 11.9 Å². The second-order valence-electron chi connectivity index (χ2n) is 2.55. The van der Waals surface area contributed by atoms with Crippen LogP contribution in [0, 0.1) is 0 Å². The predicted molar refractivity (Wildman–Crippen MR) is 67.4 cm³/mol. The van der Waals surface area contributed by atoms with Gasteiger partial charge in [-0.1, -0.05) is 29.9 Å². The van der Waals surface area contributed by atoms with Crippen LogP contribution >= 0.6 is 35.6 Å². The van der Waals surface area contributed by atoms with E-state index in [-0.39, 0.29) is 4.32 Å². The summed E-state index contributed by atoms with van der Waals surface area (Å²) in [6, 6.07) is 6.98. The number of aliphatic hydroxyl groups is 1. The third kappa shape index (κ3) is 4.61. The zero-order chi connectivity index (χ0) is 11.3. The summed E-state index contributed by atoms with van der Waals surface area (Å²) in [4.78, 5) is 10.8. The Kier molecular flexibility index (Phi) is 5.04. The SMILES string of the molecule is O=C(CO)SC(=S)Nc1cccc(Cl)c1. The molecule has 1 aromatic carbocycles. The van der Waals surface area contributed by atoms with Crippen LogP contribution in [0.3, 0.4) is 0 Å². The highest BCUT2D eigenvalue weighted by Gasteiger charge is 2.05. The minimum Gasteiger partial charge on any atom is -0.388 e. The highest BCUT2D eigenvalue weighted by molar-refractivity contribution is 8.33. The number of anilines is 1. The van der Waals surface area contributed by atoms with Crippen LogP contribution in [0.25, 0.3) is 0 Å². The molecule has 0 aliphatic carbocycles. The molecule has 0 atom stereocenters. The minimum absolute atomic E-state index is 0.288. The van der Waals surface area contributed by atoms with E-state index in [9.17, 15) is 4.79 Å². The van der Waals surface area contributed by atoms with Gasteiger partial charge >= 0.3 is 0 Å². The van der Waals surface area contributed by atoms with Crippen molar-refractivity contribution < 1.29 is 9.90 Å². The number of hydrogen-bond acceptors (Lipinski definition) is 4. The third-order valence-electron chi connectivity index (χ3n) is 1.41. The van der Waals surface area contributed by atoms with Gasteiger partial charge in [0.2, 0.25) is 5.12 Å². The lowest BCUT2D eigenvalue weighted by molar-refractivity contribution is -0.113. The first kappa shape index (κ1) is 12.4. The fourth-order valence-electron chi connectivity index (χ4n) is 0.845. The Bertz CT molecular complexity index is 384. The number of thioether (sulfide) groups is 1. The summed E-state index contributed by atoms with van der Waals surface area (Å²) in [5, 5.41) is 11.5. The molecule has 80 valence electrons. The van der Waals surface area contributed by atoms with E-state index in [1.165, 1.54) is 0 Å². The van der Waals surface area contributed by atoms with Crippen molar-refractivity contribution in [1.29, 1.82) is 0 Å². The van der Waals surface area contributed by atoms with Gasteiger partial charge in [0.15, 0.2) is 0 Å². The van der Waals surface area contributed by atoms with Crippen molar-refractivity contribution in [1.82, 2.24) is 0 Å². The Morgan fingerprint density at radius 2 is 2.33 bits per heavy atom. The molecule has 0 aliphatic heterocycles. The molecule has 1 aromatic rings. The topological polar surface area (TPSA) is 49.3 Å². The summed E-state index contributed by atoms with van der Waals surface area (Å²) in [5.74, 6) is 0. The lowest BCUT2D eigenvalue weighted by Gasteiger charge is -2.05. The molecule has 0 aromatic heterocycles. The number of carbonyl (C=O) groups is 1. The Morgan fingerprint density at radius 1 is 1.60 bits per heavy atom. The molecule has 0 radical (unpaired) electrons. The number of hydrogen-bond donors (Lipinski definition) is 2. The standard InChI is InChI=1S/C9H8ClNO2S2/c10-6-2-1-3-7(4-6)11-9(14)15-8(13)5-12/h1-4,12H,5H2,(H,11,14). The summed E-state index contributed by atoms with van der Waals surface area (Å²) in [6.07, 6.45) is 0. The van der Waals surface area contributed by atoms with Gasteiger partial charge in [0, 0.05) is 10.7 Å². The van der Waals surface area contributed by atoms with E-state index >= 15 is 0 Å². The molecular weight excluding hydrogens is 254 g/mol. The number of nitrogens with one attached hydrogen (secondary N) is 1. The lowest BCUT2D eigenvalue weighted by Crippen LogP contribution is -2.09. The average Bonchev–Trinajstić information content (AvgIpc) is 2.17. The highest BCUT2D eigenvalue weighted by atomic mass is 35.5. The van der Waals surface area contributed by atoms with Gasteiger partial charge in [-0.2, -0.15) is 0 Å². The van der Waals surface area contributed by atoms with Gasteiger partial charge < -0.3 is 10.4 Å². The van der Waals surface area contributed by atoms with E-state index in [1.54, 1.807) is 24.3 Å². The van der Waals surface area contributed by atoms with E-state index in [0.717, 1.165) is 11.8 Å². The second kappa shape index (κ2) is 6.07. The zero-order valence-electron chi connectivity index (χ0n) is 7.57. The first-order chi connectivity index (χ1) is 7.11. The molecule has 0 fully saturated rings. The smallest absolute Gasteiger partial charge is 0.221 e. The fraction of sp³-hybridized carbons (Fsp3) is 0.111. The number of benzene rings is 1. The number of thiocarbonyl (C=S) groups is 1. The van der Waals surface area contributed by atoms with Gasteiger partial charge in [0.1, 0.15) is 10.9 Å². The largest absolute Gasteiger partial charge is 0.388 e. The molecule has 0 saturated carbocycles. The Labute approximate surface area is 102 Å². The summed E-state index contributed by atoms with van der Waals surface area (Å²) >= 11 is 11.5. The Hall–Kier alpha value is -0.620. The van der Waals surface area contributed by atoms with E-state index in [0.29, 0.717) is 10.7 Å². The quantitative estimate of drug-likeness (QED) is 0.800. The normalized spacial score (nSPS) is 9.73. The van der Waals surface area contributed by atoms with Crippen LogP contribution in [-0.2, 0) is 4.79 Å². The molecule has 3 nitrogen and oxygen atoms in total. The summed E-state index contributed by atoms with van der Waals surface area (Å²) in [7, 11) is 0. The molecule has 0 bridgehead atoms. The second-order valence-corrected chi connectivity index (χ2v) is 4.73. The molecule has 0 unspecified atom stereocenters. The van der Waals surface area contributed by atoms with Gasteiger partial charge in [-0.25, -0.2) is 0 Å². The monoisotopic (exact) mass is 261 g/mol. The van der Waals surface area contributed by atoms with Crippen LogP contribution in [0.15, 0.2) is 24.3 Å². The van der Waals surface area contributed by atoms with Crippen LogP contribution in [0.5, 0.6) is 0 Å². The molecule has 6 heteroatoms. The molecular formula is C9H8ClNO2S2. The van der Waals surface area contributed by atoms with Gasteiger partial charge in [-0.05, 0) is 30.0 Å². The maximum Gasteiger partial charge on any atom is 0.221 e. The van der Waals surface area contributed by atoms with Gasteiger partial charge in [0.25, 0.3) is 0 Å². The number of aliphatic hydroxyl groups excluding tert-OH is 1. The molecule has 1 rings (SSSR count). The molecule has 0 spiro atoms. The van der Waals surface area contributed by atoms with E-state index < -0.39 is 11.7 Å². The molecule has 0 aliphatic rings. The van der Waals surface area contributed by atoms with Crippen molar-refractivity contribution in [3.05, 3.63) is 29.3 Å². The van der Waals surface area contributed by atoms with Crippen LogP contribution in [0.4, 0.5) is 5.69 Å². The fourth-order valence-corrected chi connectivity index (χ4v) is 1.87. The van der Waals surface area contributed by atoms with Crippen LogP contribution in [0.1, 0.15) is 0 Å². The summed E-state index contributed by atoms with van der Waals surface area (Å²) < 4.78 is 0.288. The van der Waals surface area contributed by atoms with Gasteiger partial charge in [-0.3, -0.25) is 4.79 Å². The van der Waals surface area contributed by atoms with E-state index in [1.807, 2.05) is 0 Å². The van der Waals surface area contributed by atoms with Crippen LogP contribution < -0.4 is 5.32 Å². The van der Waals surface area contributed by atoms with Crippen LogP contribution in [-0.4, -0.2) is 21.1 Å². The third-order valence-corrected chi connectivity index (χ3v) is 2.64. The van der Waals surface area contributed by atoms with E-state index in [2.05, 4.69) is 5.32 Å². The van der Waals surface area contributed by atoms with Crippen molar-refractivity contribution in [3.63, 3.8) is 0 Å². The maximum absolute atomic E-state index is 10.8. The van der Waals surface area contributed by atoms with Gasteiger partial charge in [-0.15, -0.1) is 0 Å². The molecule has 0 saturated heterocycles. The van der Waals surface area contributed by atoms with Crippen molar-refractivity contribution in [2.45, 2.75) is 0 Å².